The molecule has 1 aliphatic heterocycles. The van der Waals surface area contributed by atoms with Crippen LogP contribution in [0.15, 0.2) is 23.1 Å². The number of rotatable bonds is 5. The van der Waals surface area contributed by atoms with Gasteiger partial charge in [-0.05, 0) is 31.0 Å². The third-order valence-electron chi connectivity index (χ3n) is 3.45. The van der Waals surface area contributed by atoms with Crippen LogP contribution in [0.1, 0.15) is 12.8 Å². The van der Waals surface area contributed by atoms with Gasteiger partial charge in [-0.3, -0.25) is 0 Å². The minimum absolute atomic E-state index is 0.00472. The monoisotopic (exact) mass is 334 g/mol. The highest BCUT2D eigenvalue weighted by molar-refractivity contribution is 7.89. The Hall–Kier alpha value is -0.860. The van der Waals surface area contributed by atoms with E-state index in [-0.39, 0.29) is 17.1 Å². The second-order valence-electron chi connectivity index (χ2n) is 4.96. The van der Waals surface area contributed by atoms with E-state index in [1.165, 1.54) is 12.1 Å². The number of halogens is 1. The maximum Gasteiger partial charge on any atom is 0.238 e. The van der Waals surface area contributed by atoms with Gasteiger partial charge in [0, 0.05) is 13.7 Å². The highest BCUT2D eigenvalue weighted by Crippen LogP contribution is 2.25. The van der Waals surface area contributed by atoms with Crippen LogP contribution in [0.5, 0.6) is 0 Å². The average Bonchev–Trinajstić information content (AvgIpc) is 2.45. The molecule has 0 radical (unpaired) electrons. The lowest BCUT2D eigenvalue weighted by molar-refractivity contribution is -0.0659. The molecule has 0 aromatic heterocycles. The number of benzene rings is 1. The standard InChI is InChI=1S/C13H19ClN2O4S/c1-19-10-3-2-9(20-8-10)7-16-13-5-4-11(6-12(13)14)21(15,17)18/h4-6,9-10,16H,2-3,7-8H2,1H3,(H2,15,17,18)/t9-,10+/m1/s1. The molecule has 2 rings (SSSR count). The van der Waals surface area contributed by atoms with Gasteiger partial charge in [-0.15, -0.1) is 0 Å². The summed E-state index contributed by atoms with van der Waals surface area (Å²) in [5, 5.41) is 8.53. The Labute approximate surface area is 129 Å². The van der Waals surface area contributed by atoms with Crippen molar-refractivity contribution in [1.29, 1.82) is 0 Å². The van der Waals surface area contributed by atoms with Crippen molar-refractivity contribution in [2.75, 3.05) is 25.6 Å². The van der Waals surface area contributed by atoms with E-state index in [9.17, 15) is 8.42 Å². The lowest BCUT2D eigenvalue weighted by atomic mass is 10.1. The summed E-state index contributed by atoms with van der Waals surface area (Å²) in [6.45, 7) is 1.19. The van der Waals surface area contributed by atoms with Crippen LogP contribution < -0.4 is 10.5 Å². The molecule has 8 heteroatoms. The van der Waals surface area contributed by atoms with Crippen molar-refractivity contribution < 1.29 is 17.9 Å². The summed E-state index contributed by atoms with van der Waals surface area (Å²) in [6.07, 6.45) is 2.11. The molecule has 1 aliphatic rings. The molecule has 118 valence electrons. The summed E-state index contributed by atoms with van der Waals surface area (Å²) in [5.74, 6) is 0. The normalized spacial score (nSPS) is 23.0. The van der Waals surface area contributed by atoms with E-state index >= 15 is 0 Å². The van der Waals surface area contributed by atoms with Gasteiger partial charge in [-0.2, -0.15) is 0 Å². The van der Waals surface area contributed by atoms with E-state index in [2.05, 4.69) is 5.32 Å². The fourth-order valence-corrected chi connectivity index (χ4v) is 3.02. The van der Waals surface area contributed by atoms with Crippen molar-refractivity contribution in [3.63, 3.8) is 0 Å². The summed E-state index contributed by atoms with van der Waals surface area (Å²) in [4.78, 5) is -0.00472. The van der Waals surface area contributed by atoms with Gasteiger partial charge in [-0.25, -0.2) is 13.6 Å². The Morgan fingerprint density at radius 2 is 2.24 bits per heavy atom. The second kappa shape index (κ2) is 6.93. The number of nitrogens with one attached hydrogen (secondary N) is 1. The molecule has 1 heterocycles. The van der Waals surface area contributed by atoms with Crippen molar-refractivity contribution >= 4 is 27.3 Å². The lowest BCUT2D eigenvalue weighted by Crippen LogP contribution is -2.34. The van der Waals surface area contributed by atoms with Crippen LogP contribution in [-0.2, 0) is 19.5 Å². The number of ether oxygens (including phenoxy) is 2. The van der Waals surface area contributed by atoms with Crippen LogP contribution in [0.4, 0.5) is 5.69 Å². The van der Waals surface area contributed by atoms with Gasteiger partial charge < -0.3 is 14.8 Å². The molecular formula is C13H19ClN2O4S. The molecule has 1 saturated heterocycles. The second-order valence-corrected chi connectivity index (χ2v) is 6.93. The molecule has 0 bridgehead atoms. The Morgan fingerprint density at radius 1 is 1.48 bits per heavy atom. The van der Waals surface area contributed by atoms with Gasteiger partial charge in [0.1, 0.15) is 0 Å². The molecule has 0 amide bonds. The molecule has 0 aliphatic carbocycles. The summed E-state index contributed by atoms with van der Waals surface area (Å²) < 4.78 is 33.4. The van der Waals surface area contributed by atoms with Gasteiger partial charge >= 0.3 is 0 Å². The van der Waals surface area contributed by atoms with Gasteiger partial charge in [0.2, 0.25) is 10.0 Å². The molecule has 3 N–H and O–H groups in total. The number of hydrogen-bond donors (Lipinski definition) is 2. The minimum atomic E-state index is -3.74. The van der Waals surface area contributed by atoms with Crippen LogP contribution >= 0.6 is 11.6 Å². The minimum Gasteiger partial charge on any atom is -0.381 e. The number of nitrogens with two attached hydrogens (primary N) is 1. The van der Waals surface area contributed by atoms with Gasteiger partial charge in [0.05, 0.1) is 34.4 Å². The fourth-order valence-electron chi connectivity index (χ4n) is 2.17. The van der Waals surface area contributed by atoms with Crippen molar-refractivity contribution in [2.45, 2.75) is 29.9 Å². The van der Waals surface area contributed by atoms with E-state index in [0.29, 0.717) is 23.9 Å². The Bertz CT molecular complexity index is 586. The quantitative estimate of drug-likeness (QED) is 0.853. The predicted octanol–water partition coefficient (Wildman–Crippen LogP) is 1.59. The molecule has 0 saturated carbocycles. The van der Waals surface area contributed by atoms with Crippen molar-refractivity contribution in [3.05, 3.63) is 23.2 Å². The predicted molar refractivity (Wildman–Crippen MR) is 81.1 cm³/mol. The lowest BCUT2D eigenvalue weighted by Gasteiger charge is -2.28. The molecule has 0 spiro atoms. The zero-order valence-corrected chi connectivity index (χ0v) is 13.3. The maximum absolute atomic E-state index is 11.2. The molecule has 21 heavy (non-hydrogen) atoms. The SMILES string of the molecule is CO[C@H]1CC[C@H](CNc2ccc(S(N)(=O)=O)cc2Cl)OC1. The van der Waals surface area contributed by atoms with Gasteiger partial charge in [0.25, 0.3) is 0 Å². The van der Waals surface area contributed by atoms with Crippen LogP contribution in [-0.4, -0.2) is 40.9 Å². The molecule has 1 fully saturated rings. The molecule has 2 atom stereocenters. The Kier molecular flexibility index (Phi) is 5.45. The summed E-state index contributed by atoms with van der Waals surface area (Å²) in [5.41, 5.74) is 0.654. The Morgan fingerprint density at radius 3 is 2.76 bits per heavy atom. The van der Waals surface area contributed by atoms with Gasteiger partial charge in [0.15, 0.2) is 0 Å². The number of anilines is 1. The third-order valence-corrected chi connectivity index (χ3v) is 4.67. The largest absolute Gasteiger partial charge is 0.381 e. The molecule has 0 unspecified atom stereocenters. The first-order valence-electron chi connectivity index (χ1n) is 6.61. The van der Waals surface area contributed by atoms with Crippen molar-refractivity contribution in [2.24, 2.45) is 5.14 Å². The van der Waals surface area contributed by atoms with Crippen LogP contribution in [0.3, 0.4) is 0 Å². The summed E-state index contributed by atoms with van der Waals surface area (Å²) in [7, 11) is -2.06. The third kappa shape index (κ3) is 4.55. The summed E-state index contributed by atoms with van der Waals surface area (Å²) >= 11 is 6.06. The highest BCUT2D eigenvalue weighted by Gasteiger charge is 2.21. The zero-order valence-electron chi connectivity index (χ0n) is 11.7. The van der Waals surface area contributed by atoms with Crippen molar-refractivity contribution in [1.82, 2.24) is 0 Å². The smallest absolute Gasteiger partial charge is 0.238 e. The number of methoxy groups -OCH3 is 1. The molecular weight excluding hydrogens is 316 g/mol. The number of sulfonamides is 1. The van der Waals surface area contributed by atoms with Crippen molar-refractivity contribution in [3.8, 4) is 0 Å². The van der Waals surface area contributed by atoms with Crippen LogP contribution in [0.25, 0.3) is 0 Å². The first kappa shape index (κ1) is 16.5. The topological polar surface area (TPSA) is 90.6 Å². The number of hydrogen-bond acceptors (Lipinski definition) is 5. The molecule has 6 nitrogen and oxygen atoms in total. The van der Waals surface area contributed by atoms with E-state index in [1.54, 1.807) is 13.2 Å². The van der Waals surface area contributed by atoms with E-state index in [0.717, 1.165) is 12.8 Å². The van der Waals surface area contributed by atoms with Crippen LogP contribution in [0.2, 0.25) is 5.02 Å². The highest BCUT2D eigenvalue weighted by atomic mass is 35.5. The molecule has 1 aromatic rings. The summed E-state index contributed by atoms with van der Waals surface area (Å²) in [6, 6.07) is 4.36. The van der Waals surface area contributed by atoms with E-state index in [4.69, 9.17) is 26.2 Å². The first-order chi connectivity index (χ1) is 9.90. The van der Waals surface area contributed by atoms with E-state index in [1.807, 2.05) is 0 Å². The van der Waals surface area contributed by atoms with E-state index < -0.39 is 10.0 Å². The number of primary sulfonamides is 1. The average molecular weight is 335 g/mol. The zero-order chi connectivity index (χ0) is 15.5. The maximum atomic E-state index is 11.2. The van der Waals surface area contributed by atoms with Gasteiger partial charge in [-0.1, -0.05) is 11.6 Å². The molecule has 1 aromatic carbocycles. The fraction of sp³-hybridized carbons (Fsp3) is 0.538. The first-order valence-corrected chi connectivity index (χ1v) is 8.53. The Balaban J connectivity index is 1.92. The van der Waals surface area contributed by atoms with Crippen LogP contribution in [0, 0.1) is 0 Å².